The molecule has 0 spiro atoms. The van der Waals surface area contributed by atoms with Crippen molar-refractivity contribution >= 4 is 0 Å². The van der Waals surface area contributed by atoms with Crippen molar-refractivity contribution in [3.8, 4) is 5.75 Å². The lowest BCUT2D eigenvalue weighted by atomic mass is 10.0. The van der Waals surface area contributed by atoms with E-state index in [9.17, 15) is 4.39 Å². The smallest absolute Gasteiger partial charge is 0.150 e. The number of aromatic nitrogens is 1. The molecule has 1 aliphatic rings. The predicted octanol–water partition coefficient (Wildman–Crippen LogP) is 6.39. The van der Waals surface area contributed by atoms with Gasteiger partial charge >= 0.3 is 0 Å². The minimum atomic E-state index is -0.566. The Hall–Kier alpha value is -1.87. The van der Waals surface area contributed by atoms with Crippen LogP contribution in [0.1, 0.15) is 83.9 Å². The molecule has 1 saturated heterocycles. The molecular weight excluding hydrogens is 485 g/mol. The summed E-state index contributed by atoms with van der Waals surface area (Å²) in [6, 6.07) is 0. The molecule has 3 N–H and O–H groups in total. The summed E-state index contributed by atoms with van der Waals surface area (Å²) in [5, 5.41) is 0. The van der Waals surface area contributed by atoms with Crippen LogP contribution in [0, 0.1) is 12.8 Å². The van der Waals surface area contributed by atoms with Crippen molar-refractivity contribution in [2.75, 3.05) is 46.0 Å². The van der Waals surface area contributed by atoms with Crippen LogP contribution in [0.2, 0.25) is 0 Å². The molecule has 1 aliphatic heterocycles. The van der Waals surface area contributed by atoms with Crippen molar-refractivity contribution in [2.24, 2.45) is 11.7 Å². The normalized spacial score (nSPS) is 16.8. The average Bonchev–Trinajstić information content (AvgIpc) is 3.27. The molecule has 0 amide bonds. The Labute approximate surface area is 229 Å². The first kappa shape index (κ1) is 32.3. The number of ether oxygens (including phenoxy) is 4. The van der Waals surface area contributed by atoms with Gasteiger partial charge in [0.15, 0.2) is 0 Å². The first-order valence-corrected chi connectivity index (χ1v) is 14.4. The van der Waals surface area contributed by atoms with Crippen LogP contribution in [0.25, 0.3) is 0 Å². The average molecular weight is 538 g/mol. The highest BCUT2D eigenvalue weighted by Crippen LogP contribution is 2.29. The largest absolute Gasteiger partial charge is 0.495 e. The number of likely N-dealkylation sites (tertiary alicyclic amines) is 1. The number of hydrogen-bond acceptors (Lipinski definition) is 6. The molecule has 38 heavy (non-hydrogen) atoms. The molecule has 1 unspecified atom stereocenters. The number of hydrogen-bond donors (Lipinski definition) is 2. The SMILES string of the molecule is C=C(OCCCN1CCCCC1)C(C)(CC)OCCOCc1c(O/C(CCCN)=C(\F)C(C)C)c[nH]c1C. The van der Waals surface area contributed by atoms with Gasteiger partial charge in [-0.1, -0.05) is 33.8 Å². The minimum absolute atomic E-state index is 0.245. The van der Waals surface area contributed by atoms with E-state index in [0.717, 1.165) is 30.6 Å². The first-order chi connectivity index (χ1) is 18.2. The lowest BCUT2D eigenvalue weighted by Crippen LogP contribution is -2.34. The highest BCUT2D eigenvalue weighted by molar-refractivity contribution is 5.37. The van der Waals surface area contributed by atoms with Crippen LogP contribution in [0.5, 0.6) is 5.75 Å². The van der Waals surface area contributed by atoms with E-state index in [2.05, 4.69) is 23.4 Å². The van der Waals surface area contributed by atoms with Crippen LogP contribution in [-0.4, -0.2) is 61.5 Å². The van der Waals surface area contributed by atoms with Crippen LogP contribution >= 0.6 is 0 Å². The van der Waals surface area contributed by atoms with Crippen LogP contribution < -0.4 is 10.5 Å². The van der Waals surface area contributed by atoms with Crippen LogP contribution in [-0.2, 0) is 20.8 Å². The second-order valence-corrected chi connectivity index (χ2v) is 10.7. The van der Waals surface area contributed by atoms with Gasteiger partial charge in [-0.25, -0.2) is 4.39 Å². The van der Waals surface area contributed by atoms with E-state index in [1.807, 2.05) is 27.7 Å². The molecule has 2 rings (SSSR count). The minimum Gasteiger partial charge on any atom is -0.495 e. The molecule has 218 valence electrons. The number of halogens is 1. The topological polar surface area (TPSA) is 82.0 Å². The molecule has 0 radical (unpaired) electrons. The monoisotopic (exact) mass is 537 g/mol. The van der Waals surface area contributed by atoms with E-state index in [4.69, 9.17) is 24.7 Å². The summed E-state index contributed by atoms with van der Waals surface area (Å²) in [5.41, 5.74) is 6.86. The number of nitrogens with one attached hydrogen (secondary N) is 1. The maximum atomic E-state index is 14.7. The summed E-state index contributed by atoms with van der Waals surface area (Å²) < 4.78 is 38.8. The number of nitrogens with two attached hydrogens (primary N) is 1. The van der Waals surface area contributed by atoms with Crippen molar-refractivity contribution in [3.63, 3.8) is 0 Å². The van der Waals surface area contributed by atoms with Gasteiger partial charge in [-0.2, -0.15) is 0 Å². The number of rotatable bonds is 19. The van der Waals surface area contributed by atoms with Gasteiger partial charge in [0.2, 0.25) is 0 Å². The predicted molar refractivity (Wildman–Crippen MR) is 152 cm³/mol. The second-order valence-electron chi connectivity index (χ2n) is 10.7. The third-order valence-electron chi connectivity index (χ3n) is 7.29. The van der Waals surface area contributed by atoms with E-state index >= 15 is 0 Å². The molecule has 0 bridgehead atoms. The van der Waals surface area contributed by atoms with Crippen molar-refractivity contribution in [2.45, 2.75) is 91.8 Å². The molecule has 1 aromatic rings. The van der Waals surface area contributed by atoms with E-state index in [1.54, 1.807) is 6.20 Å². The Morgan fingerprint density at radius 1 is 1.18 bits per heavy atom. The molecule has 1 fully saturated rings. The Bertz CT molecular complexity index is 864. The standard InChI is InChI=1S/C30H52FN3O4/c1-7-30(6,25(5)36-18-12-17-34-15-9-8-10-16-34)37-20-19-35-22-26-24(4)33-21-28(26)38-27(13-11-14-32)29(31)23(2)3/h21,23,33H,5,7-20,22,32H2,1-4,6H3/b29-27-. The summed E-state index contributed by atoms with van der Waals surface area (Å²) in [6.07, 6.45) is 8.58. The van der Waals surface area contributed by atoms with Gasteiger partial charge in [-0.05, 0) is 65.6 Å². The maximum Gasteiger partial charge on any atom is 0.150 e. The lowest BCUT2D eigenvalue weighted by Gasteiger charge is -2.31. The lowest BCUT2D eigenvalue weighted by molar-refractivity contribution is -0.0683. The summed E-state index contributed by atoms with van der Waals surface area (Å²) in [7, 11) is 0. The van der Waals surface area contributed by atoms with Gasteiger partial charge in [0.25, 0.3) is 0 Å². The van der Waals surface area contributed by atoms with Gasteiger partial charge in [0, 0.05) is 36.3 Å². The Morgan fingerprint density at radius 3 is 2.58 bits per heavy atom. The molecule has 0 saturated carbocycles. The number of piperidine rings is 1. The Kier molecular flexibility index (Phi) is 14.4. The summed E-state index contributed by atoms with van der Waals surface area (Å²) >= 11 is 0. The van der Waals surface area contributed by atoms with Crippen LogP contribution in [0.3, 0.4) is 0 Å². The molecule has 2 heterocycles. The quantitative estimate of drug-likeness (QED) is 0.157. The Morgan fingerprint density at radius 2 is 1.92 bits per heavy atom. The second kappa shape index (κ2) is 17.0. The molecule has 0 aliphatic carbocycles. The van der Waals surface area contributed by atoms with Crippen molar-refractivity contribution < 1.29 is 23.3 Å². The summed E-state index contributed by atoms with van der Waals surface area (Å²) in [6.45, 7) is 19.6. The third-order valence-corrected chi connectivity index (χ3v) is 7.29. The fourth-order valence-corrected chi connectivity index (χ4v) is 4.44. The highest BCUT2D eigenvalue weighted by atomic mass is 19.1. The fourth-order valence-electron chi connectivity index (χ4n) is 4.44. The van der Waals surface area contributed by atoms with Crippen LogP contribution in [0.4, 0.5) is 4.39 Å². The number of aryl methyl sites for hydroxylation is 1. The molecular formula is C30H52FN3O4. The number of nitrogens with zero attached hydrogens (tertiary/aromatic N) is 1. The number of allylic oxidation sites excluding steroid dienone is 2. The molecule has 0 aromatic carbocycles. The van der Waals surface area contributed by atoms with Crippen molar-refractivity contribution in [1.29, 1.82) is 0 Å². The third kappa shape index (κ3) is 10.4. The number of H-pyrrole nitrogens is 1. The summed E-state index contributed by atoms with van der Waals surface area (Å²) in [4.78, 5) is 5.68. The van der Waals surface area contributed by atoms with Gasteiger partial charge in [0.1, 0.15) is 28.7 Å². The van der Waals surface area contributed by atoms with E-state index < -0.39 is 5.60 Å². The zero-order chi connectivity index (χ0) is 28.0. The molecule has 7 nitrogen and oxygen atoms in total. The van der Waals surface area contributed by atoms with Gasteiger partial charge in [0.05, 0.1) is 26.4 Å². The van der Waals surface area contributed by atoms with Gasteiger partial charge in [-0.15, -0.1) is 0 Å². The zero-order valence-electron chi connectivity index (χ0n) is 24.5. The zero-order valence-corrected chi connectivity index (χ0v) is 24.5. The van der Waals surface area contributed by atoms with Crippen molar-refractivity contribution in [1.82, 2.24) is 9.88 Å². The fraction of sp³-hybridized carbons (Fsp3) is 0.733. The van der Waals surface area contributed by atoms with Crippen LogP contribution in [0.15, 0.2) is 30.1 Å². The number of aromatic amines is 1. The Balaban J connectivity index is 1.79. The summed E-state index contributed by atoms with van der Waals surface area (Å²) in [5.74, 6) is 1.09. The first-order valence-electron chi connectivity index (χ1n) is 14.4. The van der Waals surface area contributed by atoms with Gasteiger partial charge < -0.3 is 34.6 Å². The van der Waals surface area contributed by atoms with Crippen molar-refractivity contribution in [3.05, 3.63) is 41.4 Å². The maximum absolute atomic E-state index is 14.7. The molecule has 8 heteroatoms. The van der Waals surface area contributed by atoms with E-state index in [0.29, 0.717) is 63.1 Å². The highest BCUT2D eigenvalue weighted by Gasteiger charge is 2.28. The molecule has 1 aromatic heterocycles. The molecule has 1 atom stereocenters. The van der Waals surface area contributed by atoms with Gasteiger partial charge in [-0.3, -0.25) is 0 Å². The van der Waals surface area contributed by atoms with E-state index in [1.165, 1.54) is 32.4 Å². The van der Waals surface area contributed by atoms with E-state index in [-0.39, 0.29) is 11.7 Å².